The zero-order valence-corrected chi connectivity index (χ0v) is 6.79. The highest BCUT2D eigenvalue weighted by atomic mass is 16.3. The lowest BCUT2D eigenvalue weighted by Crippen LogP contribution is -2.13. The summed E-state index contributed by atoms with van der Waals surface area (Å²) in [5.41, 5.74) is 0.727. The number of rotatable bonds is 1. The first kappa shape index (κ1) is 8.05. The molecule has 2 nitrogen and oxygen atoms in total. The van der Waals surface area contributed by atoms with Crippen LogP contribution in [0.15, 0.2) is 23.5 Å². The number of Topliss-reactive ketones (excluding diaryl/α,β-unsaturated/α-hetero) is 1. The van der Waals surface area contributed by atoms with Crippen molar-refractivity contribution in [3.8, 4) is 0 Å². The highest BCUT2D eigenvalue weighted by Crippen LogP contribution is 2.19. The lowest BCUT2D eigenvalue weighted by Gasteiger charge is -2.12. The average molecular weight is 152 g/mol. The van der Waals surface area contributed by atoms with Crippen molar-refractivity contribution in [1.29, 1.82) is 0 Å². The van der Waals surface area contributed by atoms with E-state index in [0.29, 0.717) is 6.42 Å². The third-order valence-electron chi connectivity index (χ3n) is 1.77. The van der Waals surface area contributed by atoms with Crippen LogP contribution in [-0.2, 0) is 4.79 Å². The molecule has 60 valence electrons. The maximum absolute atomic E-state index is 11.2. The summed E-state index contributed by atoms with van der Waals surface area (Å²) >= 11 is 0. The molecule has 11 heavy (non-hydrogen) atoms. The number of carbonyl (C=O) groups is 1. The van der Waals surface area contributed by atoms with E-state index in [1.807, 2.05) is 19.9 Å². The summed E-state index contributed by atoms with van der Waals surface area (Å²) in [4.78, 5) is 11.2. The summed E-state index contributed by atoms with van der Waals surface area (Å²) in [6, 6.07) is 0. The van der Waals surface area contributed by atoms with Crippen LogP contribution < -0.4 is 0 Å². The Hall–Kier alpha value is -1.05. The summed E-state index contributed by atoms with van der Waals surface area (Å²) in [6.07, 6.45) is 4.08. The summed E-state index contributed by atoms with van der Waals surface area (Å²) in [6.45, 7) is 3.89. The van der Waals surface area contributed by atoms with E-state index in [-0.39, 0.29) is 17.5 Å². The minimum atomic E-state index is -0.216. The Bertz CT molecular complexity index is 234. The SMILES string of the molecule is CC(C)C1=CCC=C(O)C1=O. The van der Waals surface area contributed by atoms with E-state index in [0.717, 1.165) is 5.57 Å². The summed E-state index contributed by atoms with van der Waals surface area (Å²) < 4.78 is 0. The number of aliphatic hydroxyl groups excluding tert-OH is 1. The van der Waals surface area contributed by atoms with Crippen molar-refractivity contribution < 1.29 is 9.90 Å². The van der Waals surface area contributed by atoms with Crippen LogP contribution in [0.3, 0.4) is 0 Å². The van der Waals surface area contributed by atoms with Gasteiger partial charge >= 0.3 is 0 Å². The van der Waals surface area contributed by atoms with Gasteiger partial charge in [0, 0.05) is 5.57 Å². The molecule has 0 saturated carbocycles. The first-order valence-electron chi connectivity index (χ1n) is 3.76. The zero-order valence-electron chi connectivity index (χ0n) is 6.79. The lowest BCUT2D eigenvalue weighted by molar-refractivity contribution is -0.115. The molecule has 1 aliphatic carbocycles. The molecule has 0 saturated heterocycles. The standard InChI is InChI=1S/C9H12O2/c1-6(2)7-4-3-5-8(10)9(7)11/h4-6,10H,3H2,1-2H3. The van der Waals surface area contributed by atoms with E-state index in [4.69, 9.17) is 5.11 Å². The van der Waals surface area contributed by atoms with Gasteiger partial charge in [-0.2, -0.15) is 0 Å². The van der Waals surface area contributed by atoms with Gasteiger partial charge in [0.25, 0.3) is 0 Å². The number of carbonyl (C=O) groups excluding carboxylic acids is 1. The third kappa shape index (κ3) is 1.50. The third-order valence-corrected chi connectivity index (χ3v) is 1.77. The summed E-state index contributed by atoms with van der Waals surface area (Å²) in [5.74, 6) is -0.110. The van der Waals surface area contributed by atoms with E-state index in [1.165, 1.54) is 6.08 Å². The average Bonchev–Trinajstić information content (AvgIpc) is 1.94. The molecule has 0 aromatic rings. The molecule has 1 N–H and O–H groups in total. The Labute approximate surface area is 66.2 Å². The van der Waals surface area contributed by atoms with Crippen molar-refractivity contribution in [1.82, 2.24) is 0 Å². The van der Waals surface area contributed by atoms with Crippen LogP contribution in [0.4, 0.5) is 0 Å². The van der Waals surface area contributed by atoms with E-state index < -0.39 is 0 Å². The molecular formula is C9H12O2. The van der Waals surface area contributed by atoms with Gasteiger partial charge in [0.15, 0.2) is 5.76 Å². The Kier molecular flexibility index (Phi) is 2.13. The van der Waals surface area contributed by atoms with Gasteiger partial charge in [0.2, 0.25) is 5.78 Å². The Morgan fingerprint density at radius 1 is 1.45 bits per heavy atom. The fourth-order valence-electron chi connectivity index (χ4n) is 1.13. The molecule has 0 atom stereocenters. The van der Waals surface area contributed by atoms with Crippen molar-refractivity contribution in [3.05, 3.63) is 23.5 Å². The van der Waals surface area contributed by atoms with E-state index >= 15 is 0 Å². The first-order valence-corrected chi connectivity index (χ1v) is 3.76. The highest BCUT2D eigenvalue weighted by Gasteiger charge is 2.19. The van der Waals surface area contributed by atoms with E-state index in [2.05, 4.69) is 0 Å². The second kappa shape index (κ2) is 2.91. The Morgan fingerprint density at radius 3 is 2.55 bits per heavy atom. The molecular weight excluding hydrogens is 140 g/mol. The number of hydrogen-bond acceptors (Lipinski definition) is 2. The van der Waals surface area contributed by atoms with E-state index in [9.17, 15) is 4.79 Å². The number of hydrogen-bond donors (Lipinski definition) is 1. The predicted molar refractivity (Wildman–Crippen MR) is 43.3 cm³/mol. The van der Waals surface area contributed by atoms with Gasteiger partial charge in [-0.1, -0.05) is 19.9 Å². The van der Waals surface area contributed by atoms with Gasteiger partial charge in [-0.25, -0.2) is 0 Å². The Morgan fingerprint density at radius 2 is 2.09 bits per heavy atom. The smallest absolute Gasteiger partial charge is 0.222 e. The zero-order chi connectivity index (χ0) is 8.43. The van der Waals surface area contributed by atoms with Gasteiger partial charge in [-0.05, 0) is 18.4 Å². The molecule has 0 spiro atoms. The largest absolute Gasteiger partial charge is 0.504 e. The molecule has 0 unspecified atom stereocenters. The van der Waals surface area contributed by atoms with Crippen LogP contribution in [0, 0.1) is 5.92 Å². The molecule has 0 radical (unpaired) electrons. The topological polar surface area (TPSA) is 37.3 Å². The molecule has 0 aromatic heterocycles. The van der Waals surface area contributed by atoms with Crippen molar-refractivity contribution >= 4 is 5.78 Å². The minimum absolute atomic E-state index is 0.101. The summed E-state index contributed by atoms with van der Waals surface area (Å²) in [7, 11) is 0. The Balaban J connectivity index is 2.85. The maximum Gasteiger partial charge on any atom is 0.222 e. The highest BCUT2D eigenvalue weighted by molar-refractivity contribution is 6.07. The van der Waals surface area contributed by atoms with Crippen LogP contribution in [0.25, 0.3) is 0 Å². The van der Waals surface area contributed by atoms with Gasteiger partial charge in [0.1, 0.15) is 0 Å². The number of ketones is 1. The van der Waals surface area contributed by atoms with Crippen LogP contribution in [0.2, 0.25) is 0 Å². The molecule has 0 aromatic carbocycles. The fraction of sp³-hybridized carbons (Fsp3) is 0.444. The summed E-state index contributed by atoms with van der Waals surface area (Å²) in [5, 5.41) is 9.07. The maximum atomic E-state index is 11.2. The minimum Gasteiger partial charge on any atom is -0.504 e. The first-order chi connectivity index (χ1) is 5.13. The predicted octanol–water partition coefficient (Wildman–Crippen LogP) is 1.98. The number of aliphatic hydroxyl groups is 1. The molecule has 1 rings (SSSR count). The van der Waals surface area contributed by atoms with Crippen molar-refractivity contribution in [2.45, 2.75) is 20.3 Å². The molecule has 2 heteroatoms. The quantitative estimate of drug-likeness (QED) is 0.623. The molecule has 0 amide bonds. The molecule has 0 aliphatic heterocycles. The van der Waals surface area contributed by atoms with Crippen molar-refractivity contribution in [2.75, 3.05) is 0 Å². The van der Waals surface area contributed by atoms with Crippen molar-refractivity contribution in [3.63, 3.8) is 0 Å². The fourth-order valence-corrected chi connectivity index (χ4v) is 1.13. The molecule has 0 heterocycles. The van der Waals surface area contributed by atoms with Gasteiger partial charge in [-0.15, -0.1) is 0 Å². The molecule has 1 aliphatic rings. The molecule has 0 bridgehead atoms. The van der Waals surface area contributed by atoms with Crippen LogP contribution in [0.5, 0.6) is 0 Å². The van der Waals surface area contributed by atoms with Crippen molar-refractivity contribution in [2.24, 2.45) is 5.92 Å². The second-order valence-electron chi connectivity index (χ2n) is 2.97. The van der Waals surface area contributed by atoms with E-state index in [1.54, 1.807) is 0 Å². The van der Waals surface area contributed by atoms with Gasteiger partial charge in [0.05, 0.1) is 0 Å². The normalized spacial score (nSPS) is 18.3. The van der Waals surface area contributed by atoms with Crippen LogP contribution in [-0.4, -0.2) is 10.9 Å². The van der Waals surface area contributed by atoms with Crippen LogP contribution >= 0.6 is 0 Å². The van der Waals surface area contributed by atoms with Crippen LogP contribution in [0.1, 0.15) is 20.3 Å². The number of allylic oxidation sites excluding steroid dienone is 3. The molecule has 0 fully saturated rings. The van der Waals surface area contributed by atoms with Gasteiger partial charge < -0.3 is 5.11 Å². The van der Waals surface area contributed by atoms with Gasteiger partial charge in [-0.3, -0.25) is 4.79 Å². The lowest BCUT2D eigenvalue weighted by atomic mass is 9.93. The monoisotopic (exact) mass is 152 g/mol. The second-order valence-corrected chi connectivity index (χ2v) is 2.97.